The van der Waals surface area contributed by atoms with Crippen molar-refractivity contribution in [1.82, 2.24) is 29.2 Å². The van der Waals surface area contributed by atoms with Crippen molar-refractivity contribution in [2.24, 2.45) is 11.8 Å². The van der Waals surface area contributed by atoms with Gasteiger partial charge in [0.2, 0.25) is 5.91 Å². The fraction of sp³-hybridized carbons (Fsp3) is 0.435. The van der Waals surface area contributed by atoms with Gasteiger partial charge >= 0.3 is 6.09 Å². The average Bonchev–Trinajstić information content (AvgIpc) is 3.48. The third-order valence-electron chi connectivity index (χ3n) is 12.5. The van der Waals surface area contributed by atoms with Crippen LogP contribution in [0.15, 0.2) is 48.7 Å². The maximum Gasteiger partial charge on any atom is 0.410 e. The van der Waals surface area contributed by atoms with Crippen LogP contribution in [-0.4, -0.2) is 97.2 Å². The number of nitriles is 1. The molecule has 3 aromatic heterocycles. The van der Waals surface area contributed by atoms with Crippen molar-refractivity contribution in [3.63, 3.8) is 0 Å². The Hall–Kier alpha value is -5.29. The van der Waals surface area contributed by atoms with Crippen LogP contribution in [0, 0.1) is 29.0 Å². The quantitative estimate of drug-likeness (QED) is 0.163. The molecule has 0 radical (unpaired) electrons. The van der Waals surface area contributed by atoms with Gasteiger partial charge in [-0.25, -0.2) is 14.2 Å². The summed E-state index contributed by atoms with van der Waals surface area (Å²) in [5.41, 5.74) is 2.88. The molecule has 3 aliphatic heterocycles. The monoisotopic (exact) mass is 865 g/mol. The first-order valence-corrected chi connectivity index (χ1v) is 21.5. The molecule has 5 fully saturated rings. The molecule has 5 aromatic rings. The minimum Gasteiger partial charge on any atom is -0.444 e. The van der Waals surface area contributed by atoms with Gasteiger partial charge in [0, 0.05) is 91.2 Å². The fourth-order valence-corrected chi connectivity index (χ4v) is 10.0. The van der Waals surface area contributed by atoms with Crippen LogP contribution in [0.5, 0.6) is 0 Å². The van der Waals surface area contributed by atoms with Crippen LogP contribution in [0.25, 0.3) is 44.2 Å². The zero-order valence-corrected chi connectivity index (χ0v) is 36.1. The number of hydrogen-bond acceptors (Lipinski definition) is 8. The van der Waals surface area contributed by atoms with E-state index >= 15 is 4.39 Å². The number of hydrogen-bond donors (Lipinski definition) is 1. The Kier molecular flexibility index (Phi) is 10.3. The second-order valence-corrected chi connectivity index (χ2v) is 18.8. The number of pyridine rings is 2. The molecule has 2 aromatic carbocycles. The number of carbonyl (C=O) groups is 3. The molecule has 5 atom stereocenters. The molecule has 15 heteroatoms. The molecular formula is C46H46Cl2FN7O5. The summed E-state index contributed by atoms with van der Waals surface area (Å²) in [6, 6.07) is 13.3. The number of rotatable bonds is 8. The lowest BCUT2D eigenvalue weighted by molar-refractivity contribution is -0.133. The maximum atomic E-state index is 17.9. The molecule has 3 amide bonds. The van der Waals surface area contributed by atoms with E-state index in [4.69, 9.17) is 32.9 Å². The number of fused-ring (bicyclic) bond motifs is 4. The molecule has 0 unspecified atom stereocenters. The molecular weight excluding hydrogens is 820 g/mol. The fourth-order valence-electron chi connectivity index (χ4n) is 9.62. The van der Waals surface area contributed by atoms with Crippen LogP contribution in [0.3, 0.4) is 0 Å². The Morgan fingerprint density at radius 2 is 1.82 bits per heavy atom. The first kappa shape index (κ1) is 41.1. The number of aliphatic hydroxyl groups excluding tert-OH is 1. The van der Waals surface area contributed by atoms with Crippen molar-refractivity contribution in [1.29, 1.82) is 5.26 Å². The van der Waals surface area contributed by atoms with Gasteiger partial charge in [0.15, 0.2) is 5.82 Å². The molecule has 2 aliphatic carbocycles. The molecule has 2 saturated carbocycles. The SMILES string of the molecule is CN(C)C(=O)c1ccc(-c2nc3c(F)c(-c4cccc(Cl)c4Cl)c(CCC#N)cc3c3c2cc([C@H]2C[C@H](O)CN2C(=O)C2CC2)n3[C@H]2[C@@H]3C[C@H]2N(C(=O)OC(C)(C)C)C3)cn1. The molecule has 12 nitrogen and oxygen atoms in total. The van der Waals surface area contributed by atoms with E-state index in [1.165, 1.54) is 4.90 Å². The normalized spacial score (nSPS) is 22.1. The zero-order chi connectivity index (χ0) is 43.2. The average molecular weight is 867 g/mol. The summed E-state index contributed by atoms with van der Waals surface area (Å²) < 4.78 is 26.0. The number of nitrogens with zero attached hydrogens (tertiary/aromatic N) is 7. The number of aliphatic hydroxyl groups is 1. The highest BCUT2D eigenvalue weighted by molar-refractivity contribution is 6.43. The summed E-state index contributed by atoms with van der Waals surface area (Å²) in [6.45, 7) is 6.12. The lowest BCUT2D eigenvalue weighted by Gasteiger charge is -2.40. The summed E-state index contributed by atoms with van der Waals surface area (Å²) in [6.07, 6.45) is 3.25. The van der Waals surface area contributed by atoms with E-state index in [1.54, 1.807) is 60.4 Å². The lowest BCUT2D eigenvalue weighted by Crippen LogP contribution is -2.45. The number of halogens is 3. The van der Waals surface area contributed by atoms with E-state index in [2.05, 4.69) is 15.6 Å². The molecule has 5 aliphatic rings. The molecule has 0 spiro atoms. The van der Waals surface area contributed by atoms with Gasteiger partial charge in [-0.15, -0.1) is 0 Å². The summed E-state index contributed by atoms with van der Waals surface area (Å²) in [5.74, 6) is -1.05. The highest BCUT2D eigenvalue weighted by Gasteiger charge is 2.57. The highest BCUT2D eigenvalue weighted by Crippen LogP contribution is 2.55. The minimum absolute atomic E-state index is 0.00267. The number of benzene rings is 2. The van der Waals surface area contributed by atoms with Crippen LogP contribution in [0.1, 0.15) is 86.7 Å². The Labute approximate surface area is 362 Å². The predicted octanol–water partition coefficient (Wildman–Crippen LogP) is 8.75. The van der Waals surface area contributed by atoms with Gasteiger partial charge in [0.1, 0.15) is 16.8 Å². The van der Waals surface area contributed by atoms with Gasteiger partial charge in [0.25, 0.3) is 5.91 Å². The zero-order valence-electron chi connectivity index (χ0n) is 34.6. The first-order valence-electron chi connectivity index (χ1n) is 20.7. The summed E-state index contributed by atoms with van der Waals surface area (Å²) in [5, 5.41) is 22.5. The predicted molar refractivity (Wildman–Crippen MR) is 230 cm³/mol. The first-order chi connectivity index (χ1) is 29.1. The second kappa shape index (κ2) is 15.3. The Morgan fingerprint density at radius 3 is 2.49 bits per heavy atom. The van der Waals surface area contributed by atoms with E-state index in [1.807, 2.05) is 32.9 Å². The highest BCUT2D eigenvalue weighted by atomic mass is 35.5. The largest absolute Gasteiger partial charge is 0.444 e. The molecule has 2 bridgehead atoms. The van der Waals surface area contributed by atoms with E-state index in [0.29, 0.717) is 45.2 Å². The smallest absolute Gasteiger partial charge is 0.410 e. The van der Waals surface area contributed by atoms with Gasteiger partial charge in [-0.05, 0) is 82.3 Å². The van der Waals surface area contributed by atoms with Crippen molar-refractivity contribution in [2.45, 2.75) is 89.1 Å². The van der Waals surface area contributed by atoms with Gasteiger partial charge in [-0.1, -0.05) is 35.3 Å². The van der Waals surface area contributed by atoms with Crippen molar-refractivity contribution >= 4 is 62.9 Å². The standard InChI is InChI=1S/C46H46Cl2FN7O5/c1-46(2,3)61-45(60)55-21-26-17-35(55)41(26)56-34(33-18-27(57)22-54(33)43(58)23-11-12-23)19-30-39(25-13-14-32(51-20-25)44(59)53(4)5)52-40-29(42(30)56)16-24(8-7-15-50)36(38(40)49)28-9-6-10-31(47)37(28)48/h6,9-10,13-14,16,19-20,23,26-27,33,35,41,57H,7-8,11-12,17-18,21-22H2,1-5H3/t26-,27+,33-,35-,41+/m1/s1. The van der Waals surface area contributed by atoms with Gasteiger partial charge in [0.05, 0.1) is 51.6 Å². The van der Waals surface area contributed by atoms with E-state index in [0.717, 1.165) is 25.0 Å². The maximum absolute atomic E-state index is 17.9. The second-order valence-electron chi connectivity index (χ2n) is 18.0. The van der Waals surface area contributed by atoms with Gasteiger partial charge in [-0.3, -0.25) is 14.6 Å². The van der Waals surface area contributed by atoms with Crippen molar-refractivity contribution in [2.75, 3.05) is 27.2 Å². The number of likely N-dealkylation sites (tertiary alicyclic amines) is 1. The molecule has 1 N–H and O–H groups in total. The topological polar surface area (TPSA) is 145 Å². The number of carbonyl (C=O) groups excluding carboxylic acids is 3. The molecule has 3 saturated heterocycles. The summed E-state index contributed by atoms with van der Waals surface area (Å²) in [7, 11) is 3.28. The van der Waals surface area contributed by atoms with E-state index in [9.17, 15) is 24.8 Å². The van der Waals surface area contributed by atoms with Crippen molar-refractivity contribution < 1.29 is 28.6 Å². The van der Waals surface area contributed by atoms with Crippen molar-refractivity contribution in [3.05, 3.63) is 81.5 Å². The Balaban J connectivity index is 1.36. The van der Waals surface area contributed by atoms with Crippen LogP contribution >= 0.6 is 23.2 Å². The molecule has 6 heterocycles. The summed E-state index contributed by atoms with van der Waals surface area (Å²) >= 11 is 13.3. The molecule has 10 rings (SSSR count). The van der Waals surface area contributed by atoms with Crippen LogP contribution < -0.4 is 0 Å². The van der Waals surface area contributed by atoms with Gasteiger partial charge in [-0.2, -0.15) is 5.26 Å². The van der Waals surface area contributed by atoms with E-state index < -0.39 is 29.7 Å². The van der Waals surface area contributed by atoms with Crippen LogP contribution in [0.2, 0.25) is 10.0 Å². The number of amides is 3. The van der Waals surface area contributed by atoms with E-state index in [-0.39, 0.29) is 88.4 Å². The Bertz CT molecular complexity index is 2690. The number of ether oxygens (including phenoxy) is 1. The molecule has 61 heavy (non-hydrogen) atoms. The van der Waals surface area contributed by atoms with Crippen LogP contribution in [-0.2, 0) is 16.0 Å². The summed E-state index contributed by atoms with van der Waals surface area (Å²) in [4.78, 5) is 55.2. The number of aromatic nitrogens is 3. The number of β-amino-alcohol motifs (C(OH)–C–C–N with tert-alkyl or cyclic N) is 1. The molecule has 316 valence electrons. The third kappa shape index (κ3) is 7.06. The minimum atomic E-state index is -0.768. The van der Waals surface area contributed by atoms with Crippen molar-refractivity contribution in [3.8, 4) is 28.5 Å². The Morgan fingerprint density at radius 1 is 1.05 bits per heavy atom. The lowest BCUT2D eigenvalue weighted by atomic mass is 9.79. The van der Waals surface area contributed by atoms with Crippen LogP contribution in [0.4, 0.5) is 9.18 Å². The van der Waals surface area contributed by atoms with Gasteiger partial charge < -0.3 is 29.1 Å². The number of aryl methyl sites for hydroxylation is 1. The third-order valence-corrected chi connectivity index (χ3v) is 13.3.